The molecule has 0 atom stereocenters. The zero-order valence-electron chi connectivity index (χ0n) is 15.0. The molecule has 1 saturated heterocycles. The van der Waals surface area contributed by atoms with Crippen LogP contribution in [0.1, 0.15) is 27.9 Å². The molecule has 27 heavy (non-hydrogen) atoms. The van der Waals surface area contributed by atoms with Gasteiger partial charge in [0.05, 0.1) is 10.5 Å². The van der Waals surface area contributed by atoms with E-state index in [0.717, 1.165) is 24.8 Å². The number of fused-ring (bicyclic) bond motifs is 1. The first kappa shape index (κ1) is 17.9. The summed E-state index contributed by atoms with van der Waals surface area (Å²) in [5.41, 5.74) is 8.19. The van der Waals surface area contributed by atoms with Gasteiger partial charge in [0.2, 0.25) is 10.0 Å². The summed E-state index contributed by atoms with van der Waals surface area (Å²) in [7, 11) is -3.52. The van der Waals surface area contributed by atoms with Gasteiger partial charge in [0, 0.05) is 32.4 Å². The summed E-state index contributed by atoms with van der Waals surface area (Å²) in [6.07, 6.45) is 4.67. The Hall–Kier alpha value is -2.45. The van der Waals surface area contributed by atoms with E-state index in [4.69, 9.17) is 5.73 Å². The molecule has 0 unspecified atom stereocenters. The van der Waals surface area contributed by atoms with E-state index in [2.05, 4.69) is 4.98 Å². The van der Waals surface area contributed by atoms with Crippen molar-refractivity contribution >= 4 is 21.7 Å². The lowest BCUT2D eigenvalue weighted by Crippen LogP contribution is -2.49. The second kappa shape index (κ2) is 6.94. The Labute approximate surface area is 158 Å². The van der Waals surface area contributed by atoms with E-state index in [0.29, 0.717) is 42.5 Å². The molecule has 1 aromatic carbocycles. The molecule has 2 aliphatic rings. The van der Waals surface area contributed by atoms with Gasteiger partial charge in [0.1, 0.15) is 5.82 Å². The third-order valence-electron chi connectivity index (χ3n) is 5.30. The molecule has 0 saturated carbocycles. The number of hydrogen-bond donors (Lipinski definition) is 1. The molecule has 8 heteroatoms. The number of piperazine rings is 1. The van der Waals surface area contributed by atoms with Crippen molar-refractivity contribution in [2.24, 2.45) is 5.73 Å². The summed E-state index contributed by atoms with van der Waals surface area (Å²) < 4.78 is 27.6. The Morgan fingerprint density at radius 2 is 1.78 bits per heavy atom. The monoisotopic (exact) mass is 386 g/mol. The zero-order valence-corrected chi connectivity index (χ0v) is 15.8. The highest BCUT2D eigenvalue weighted by Crippen LogP contribution is 2.27. The van der Waals surface area contributed by atoms with Crippen LogP contribution in [0.3, 0.4) is 0 Å². The van der Waals surface area contributed by atoms with Gasteiger partial charge in [-0.3, -0.25) is 4.79 Å². The standard InChI is InChI=1S/C19H22N4O3S/c20-18(24)17-5-2-8-21-19(17)22-9-11-23(12-10-22)27(25,26)16-7-6-14-3-1-4-15(14)13-16/h2,5-8,13H,1,3-4,9-12H2,(H2,20,24). The highest BCUT2D eigenvalue weighted by atomic mass is 32.2. The molecule has 0 spiro atoms. The number of pyridine rings is 1. The van der Waals surface area contributed by atoms with Gasteiger partial charge >= 0.3 is 0 Å². The fraction of sp³-hybridized carbons (Fsp3) is 0.368. The first-order valence-electron chi connectivity index (χ1n) is 9.08. The average molecular weight is 386 g/mol. The van der Waals surface area contributed by atoms with E-state index in [1.807, 2.05) is 17.0 Å². The molecule has 1 aliphatic carbocycles. The molecule has 0 radical (unpaired) electrons. The lowest BCUT2D eigenvalue weighted by Gasteiger charge is -2.35. The van der Waals surface area contributed by atoms with Gasteiger partial charge in [0.15, 0.2) is 0 Å². The van der Waals surface area contributed by atoms with Crippen molar-refractivity contribution in [3.63, 3.8) is 0 Å². The van der Waals surface area contributed by atoms with Crippen LogP contribution >= 0.6 is 0 Å². The molecule has 1 aromatic heterocycles. The topological polar surface area (TPSA) is 96.6 Å². The quantitative estimate of drug-likeness (QED) is 0.851. The number of nitrogens with zero attached hydrogens (tertiary/aromatic N) is 3. The second-order valence-electron chi connectivity index (χ2n) is 6.91. The fourth-order valence-electron chi connectivity index (χ4n) is 3.84. The van der Waals surface area contributed by atoms with Crippen molar-refractivity contribution in [1.29, 1.82) is 0 Å². The third kappa shape index (κ3) is 3.30. The minimum Gasteiger partial charge on any atom is -0.365 e. The molecule has 4 rings (SSSR count). The minimum atomic E-state index is -3.52. The summed E-state index contributed by atoms with van der Waals surface area (Å²) in [5, 5.41) is 0. The number of amides is 1. The molecular formula is C19H22N4O3S. The summed E-state index contributed by atoms with van der Waals surface area (Å²) in [4.78, 5) is 18.2. The lowest BCUT2D eigenvalue weighted by atomic mass is 10.1. The van der Waals surface area contributed by atoms with Crippen molar-refractivity contribution in [2.45, 2.75) is 24.2 Å². The van der Waals surface area contributed by atoms with Gasteiger partial charge in [-0.2, -0.15) is 4.31 Å². The van der Waals surface area contributed by atoms with E-state index in [1.54, 1.807) is 24.4 Å². The van der Waals surface area contributed by atoms with Crippen LogP contribution in [0.4, 0.5) is 5.82 Å². The van der Waals surface area contributed by atoms with Crippen molar-refractivity contribution in [2.75, 3.05) is 31.1 Å². The highest BCUT2D eigenvalue weighted by molar-refractivity contribution is 7.89. The summed E-state index contributed by atoms with van der Waals surface area (Å²) in [6, 6.07) is 8.79. The molecule has 2 heterocycles. The number of hydrogen-bond acceptors (Lipinski definition) is 5. The van der Waals surface area contributed by atoms with Crippen molar-refractivity contribution in [3.8, 4) is 0 Å². The van der Waals surface area contributed by atoms with Gasteiger partial charge in [-0.1, -0.05) is 6.07 Å². The SMILES string of the molecule is NC(=O)c1cccnc1N1CCN(S(=O)(=O)c2ccc3c(c2)CCC3)CC1. The Kier molecular flexibility index (Phi) is 4.61. The Balaban J connectivity index is 1.51. The Morgan fingerprint density at radius 1 is 1.04 bits per heavy atom. The molecule has 7 nitrogen and oxygen atoms in total. The van der Waals surface area contributed by atoms with Gasteiger partial charge in [-0.05, 0) is 54.7 Å². The average Bonchev–Trinajstić information content (AvgIpc) is 3.16. The molecule has 2 aromatic rings. The van der Waals surface area contributed by atoms with Crippen molar-refractivity contribution in [3.05, 3.63) is 53.2 Å². The minimum absolute atomic E-state index is 0.341. The number of nitrogens with two attached hydrogens (primary N) is 1. The Bertz CT molecular complexity index is 982. The van der Waals surface area contributed by atoms with Gasteiger partial charge < -0.3 is 10.6 Å². The number of primary amides is 1. The van der Waals surface area contributed by atoms with Crippen LogP contribution in [0.2, 0.25) is 0 Å². The molecule has 142 valence electrons. The number of sulfonamides is 1. The van der Waals surface area contributed by atoms with E-state index in [-0.39, 0.29) is 0 Å². The van der Waals surface area contributed by atoms with Crippen molar-refractivity contribution < 1.29 is 13.2 Å². The van der Waals surface area contributed by atoms with Crippen LogP contribution in [0.5, 0.6) is 0 Å². The summed E-state index contributed by atoms with van der Waals surface area (Å²) in [6.45, 7) is 1.60. The molecule has 1 amide bonds. The smallest absolute Gasteiger partial charge is 0.252 e. The number of aryl methyl sites for hydroxylation is 2. The normalized spacial score (nSPS) is 17.7. The van der Waals surface area contributed by atoms with Crippen LogP contribution in [-0.4, -0.2) is 49.8 Å². The lowest BCUT2D eigenvalue weighted by molar-refractivity contribution is 0.1000. The maximum Gasteiger partial charge on any atom is 0.252 e. The number of carbonyl (C=O) groups excluding carboxylic acids is 1. The van der Waals surface area contributed by atoms with E-state index in [9.17, 15) is 13.2 Å². The number of carbonyl (C=O) groups is 1. The number of anilines is 1. The maximum atomic E-state index is 13.0. The molecule has 2 N–H and O–H groups in total. The highest BCUT2D eigenvalue weighted by Gasteiger charge is 2.30. The van der Waals surface area contributed by atoms with Crippen LogP contribution in [0.25, 0.3) is 0 Å². The largest absolute Gasteiger partial charge is 0.365 e. The van der Waals surface area contributed by atoms with Crippen LogP contribution < -0.4 is 10.6 Å². The molecular weight excluding hydrogens is 364 g/mol. The number of benzene rings is 1. The van der Waals surface area contributed by atoms with Gasteiger partial charge in [-0.25, -0.2) is 13.4 Å². The predicted molar refractivity (Wildman–Crippen MR) is 102 cm³/mol. The third-order valence-corrected chi connectivity index (χ3v) is 7.19. The second-order valence-corrected chi connectivity index (χ2v) is 8.85. The van der Waals surface area contributed by atoms with Crippen molar-refractivity contribution in [1.82, 2.24) is 9.29 Å². The molecule has 1 fully saturated rings. The molecule has 0 bridgehead atoms. The summed E-state index contributed by atoms with van der Waals surface area (Å²) >= 11 is 0. The van der Waals surface area contributed by atoms with E-state index < -0.39 is 15.9 Å². The van der Waals surface area contributed by atoms with Crippen LogP contribution in [0, 0.1) is 0 Å². The zero-order chi connectivity index (χ0) is 19.0. The number of rotatable bonds is 4. The maximum absolute atomic E-state index is 13.0. The predicted octanol–water partition coefficient (Wildman–Crippen LogP) is 1.18. The Morgan fingerprint density at radius 3 is 2.52 bits per heavy atom. The van der Waals surface area contributed by atoms with E-state index >= 15 is 0 Å². The number of aromatic nitrogens is 1. The summed E-state index contributed by atoms with van der Waals surface area (Å²) in [5.74, 6) is -0.0223. The van der Waals surface area contributed by atoms with Gasteiger partial charge in [-0.15, -0.1) is 0 Å². The van der Waals surface area contributed by atoms with Crippen LogP contribution in [0.15, 0.2) is 41.4 Å². The first-order valence-corrected chi connectivity index (χ1v) is 10.5. The van der Waals surface area contributed by atoms with E-state index in [1.165, 1.54) is 9.87 Å². The van der Waals surface area contributed by atoms with Crippen LogP contribution in [-0.2, 0) is 22.9 Å². The molecule has 1 aliphatic heterocycles. The fourth-order valence-corrected chi connectivity index (χ4v) is 5.31. The van der Waals surface area contributed by atoms with Gasteiger partial charge in [0.25, 0.3) is 5.91 Å². The first-order chi connectivity index (χ1) is 13.0.